The number of benzene rings is 1. The Kier molecular flexibility index (Phi) is 18.2. The van der Waals surface area contributed by atoms with Crippen LogP contribution in [0.1, 0.15) is 73.3 Å². The third-order valence-corrected chi connectivity index (χ3v) is 10.7. The van der Waals surface area contributed by atoms with Gasteiger partial charge in [-0.05, 0) is 56.8 Å². The topological polar surface area (TPSA) is 141 Å². The van der Waals surface area contributed by atoms with E-state index >= 15 is 0 Å². The lowest BCUT2D eigenvalue weighted by molar-refractivity contribution is -0.148. The highest BCUT2D eigenvalue weighted by atomic mass is 19.1. The number of β-amino-alcohol motifs (C(OH)–C–C–N with tert-alkyl or cyclic N) is 1. The number of likely N-dealkylation sites (N-methyl/N-ethyl adjacent to an activating group) is 2. The summed E-state index contributed by atoms with van der Waals surface area (Å²) in [6, 6.07) is 1.16. The molecule has 1 heterocycles. The fourth-order valence-corrected chi connectivity index (χ4v) is 7.65. The zero-order valence-electron chi connectivity index (χ0n) is 33.8. The Morgan fingerprint density at radius 3 is 2.06 bits per heavy atom. The molecule has 2 rings (SSSR count). The van der Waals surface area contributed by atoms with Crippen LogP contribution in [0, 0.1) is 35.3 Å². The Morgan fingerprint density at radius 1 is 0.962 bits per heavy atom. The number of hydrogen-bond acceptors (Lipinski definition) is 8. The zero-order valence-corrected chi connectivity index (χ0v) is 33.8. The van der Waals surface area contributed by atoms with Gasteiger partial charge in [-0.2, -0.15) is 0 Å². The number of hydrogen-bond donors (Lipinski definition) is 3. The number of rotatable bonds is 20. The standard InChI is InChI=1S/C39H65F2N5O7/c1-13-24(6)35(45(10)39(51)33(22(2)3)43-38(50)34(23(4)5)44(8)9)31(52-11)20-32(48)46-21-26(47)19-30(46)36(53-12)25(7)37(49)42-18-17-27-28(40)15-14-16-29(27)41/h14-16,22-26,30-31,33-36,47H,13,17-21H2,1-12H3,(H,42,49)(H,43,50)/t24-,25+,26-,30-,31+,33-,34?,35?,36+/m0/s1. The third kappa shape index (κ3) is 11.9. The van der Waals surface area contributed by atoms with Crippen molar-refractivity contribution in [2.45, 2.75) is 117 Å². The summed E-state index contributed by atoms with van der Waals surface area (Å²) in [5.74, 6) is -3.75. The number of carbonyl (C=O) groups excluding carboxylic acids is 4. The third-order valence-electron chi connectivity index (χ3n) is 10.7. The second-order valence-electron chi connectivity index (χ2n) is 15.4. The number of halogens is 2. The molecule has 1 saturated heterocycles. The Hall–Kier alpha value is -3.20. The molecule has 0 spiro atoms. The first-order chi connectivity index (χ1) is 24.8. The van der Waals surface area contributed by atoms with Crippen LogP contribution >= 0.6 is 0 Å². The van der Waals surface area contributed by atoms with Crippen LogP contribution < -0.4 is 10.6 Å². The van der Waals surface area contributed by atoms with Crippen LogP contribution in [0.15, 0.2) is 18.2 Å². The molecule has 14 heteroatoms. The Labute approximate surface area is 315 Å². The lowest BCUT2D eigenvalue weighted by atomic mass is 9.89. The van der Waals surface area contributed by atoms with Crippen molar-refractivity contribution in [3.05, 3.63) is 35.4 Å². The summed E-state index contributed by atoms with van der Waals surface area (Å²) in [6.45, 7) is 13.3. The molecule has 2 unspecified atom stereocenters. The van der Waals surface area contributed by atoms with E-state index in [0.717, 1.165) is 12.1 Å². The highest BCUT2D eigenvalue weighted by Gasteiger charge is 2.45. The normalized spacial score (nSPS) is 20.2. The molecular formula is C39H65F2N5O7. The number of aliphatic hydroxyl groups excluding tert-OH is 1. The van der Waals surface area contributed by atoms with E-state index in [4.69, 9.17) is 9.47 Å². The first kappa shape index (κ1) is 46.0. The molecule has 12 nitrogen and oxygen atoms in total. The molecule has 0 radical (unpaired) electrons. The summed E-state index contributed by atoms with van der Waals surface area (Å²) in [4.78, 5) is 59.9. The first-order valence-electron chi connectivity index (χ1n) is 18.8. The first-order valence-corrected chi connectivity index (χ1v) is 18.8. The van der Waals surface area contributed by atoms with Crippen molar-refractivity contribution in [1.82, 2.24) is 25.3 Å². The molecule has 0 bridgehead atoms. The van der Waals surface area contributed by atoms with Gasteiger partial charge in [-0.25, -0.2) is 8.78 Å². The minimum Gasteiger partial charge on any atom is -0.391 e. The van der Waals surface area contributed by atoms with Crippen LogP contribution in [-0.2, 0) is 35.1 Å². The zero-order chi connectivity index (χ0) is 40.3. The van der Waals surface area contributed by atoms with Crippen molar-refractivity contribution in [3.63, 3.8) is 0 Å². The molecule has 4 amide bonds. The van der Waals surface area contributed by atoms with E-state index in [1.165, 1.54) is 25.2 Å². The maximum absolute atomic E-state index is 14.2. The van der Waals surface area contributed by atoms with Gasteiger partial charge < -0.3 is 35.0 Å². The molecule has 3 N–H and O–H groups in total. The van der Waals surface area contributed by atoms with E-state index in [0.29, 0.717) is 6.42 Å². The summed E-state index contributed by atoms with van der Waals surface area (Å²) < 4.78 is 39.9. The van der Waals surface area contributed by atoms with Gasteiger partial charge in [0.25, 0.3) is 0 Å². The lowest BCUT2D eigenvalue weighted by Gasteiger charge is -2.41. The summed E-state index contributed by atoms with van der Waals surface area (Å²) in [5, 5.41) is 16.5. The van der Waals surface area contributed by atoms with E-state index in [9.17, 15) is 33.1 Å². The van der Waals surface area contributed by atoms with E-state index in [1.54, 1.807) is 18.9 Å². The number of carbonyl (C=O) groups is 4. The molecule has 1 aliphatic rings. The smallest absolute Gasteiger partial charge is 0.245 e. The van der Waals surface area contributed by atoms with Gasteiger partial charge in [0, 0.05) is 39.9 Å². The predicted octanol–water partition coefficient (Wildman–Crippen LogP) is 3.24. The molecule has 0 aliphatic carbocycles. The molecular weight excluding hydrogens is 688 g/mol. The van der Waals surface area contributed by atoms with Gasteiger partial charge in [0.1, 0.15) is 17.7 Å². The van der Waals surface area contributed by atoms with E-state index < -0.39 is 65.9 Å². The summed E-state index contributed by atoms with van der Waals surface area (Å²) in [6.07, 6.45) is -1.71. The Morgan fingerprint density at radius 2 is 1.57 bits per heavy atom. The van der Waals surface area contributed by atoms with Gasteiger partial charge in [0.2, 0.25) is 23.6 Å². The van der Waals surface area contributed by atoms with Gasteiger partial charge in [0.15, 0.2) is 0 Å². The van der Waals surface area contributed by atoms with Crippen molar-refractivity contribution in [2.75, 3.05) is 48.5 Å². The van der Waals surface area contributed by atoms with Crippen LogP contribution in [0.25, 0.3) is 0 Å². The number of methoxy groups -OCH3 is 2. The van der Waals surface area contributed by atoms with Gasteiger partial charge in [-0.1, -0.05) is 61.0 Å². The van der Waals surface area contributed by atoms with Crippen LogP contribution in [0.4, 0.5) is 8.78 Å². The summed E-state index contributed by atoms with van der Waals surface area (Å²) in [5.41, 5.74) is -0.122. The second kappa shape index (κ2) is 21.0. The van der Waals surface area contributed by atoms with Crippen LogP contribution in [0.3, 0.4) is 0 Å². The number of ether oxygens (including phenoxy) is 2. The maximum atomic E-state index is 14.2. The average Bonchev–Trinajstić information content (AvgIpc) is 3.48. The fourth-order valence-electron chi connectivity index (χ4n) is 7.65. The molecule has 0 saturated carbocycles. The van der Waals surface area contributed by atoms with Crippen molar-refractivity contribution < 1.29 is 42.5 Å². The van der Waals surface area contributed by atoms with Crippen LogP contribution in [0.2, 0.25) is 0 Å². The Balaban J connectivity index is 2.26. The van der Waals surface area contributed by atoms with Crippen LogP contribution in [-0.4, -0.2) is 134 Å². The number of nitrogens with zero attached hydrogens (tertiary/aromatic N) is 3. The van der Waals surface area contributed by atoms with E-state index in [-0.39, 0.29) is 73.4 Å². The van der Waals surface area contributed by atoms with Gasteiger partial charge >= 0.3 is 0 Å². The summed E-state index contributed by atoms with van der Waals surface area (Å²) in [7, 11) is 8.25. The monoisotopic (exact) mass is 753 g/mol. The van der Waals surface area contributed by atoms with Gasteiger partial charge in [-0.15, -0.1) is 0 Å². The molecule has 1 fully saturated rings. The molecule has 1 aromatic carbocycles. The highest BCUT2D eigenvalue weighted by molar-refractivity contribution is 5.90. The molecule has 0 aromatic heterocycles. The molecule has 53 heavy (non-hydrogen) atoms. The SMILES string of the molecule is CC[C@H](C)C([C@@H](CC(=O)N1C[C@@H](O)C[C@H]1[C@H](OC)[C@@H](C)C(=O)NCCc1c(F)cccc1F)OC)N(C)C(=O)[C@@H](NC(=O)C(C(C)C)N(C)C)C(C)C. The number of nitrogens with one attached hydrogen (secondary N) is 2. The summed E-state index contributed by atoms with van der Waals surface area (Å²) >= 11 is 0. The predicted molar refractivity (Wildman–Crippen MR) is 200 cm³/mol. The lowest BCUT2D eigenvalue weighted by Crippen LogP contribution is -2.59. The highest BCUT2D eigenvalue weighted by Crippen LogP contribution is 2.30. The van der Waals surface area contributed by atoms with Gasteiger partial charge in [-0.3, -0.25) is 24.1 Å². The average molecular weight is 754 g/mol. The molecule has 1 aromatic rings. The number of likely N-dealkylation sites (tertiary alicyclic amines) is 1. The minimum atomic E-state index is -0.858. The van der Waals surface area contributed by atoms with Crippen molar-refractivity contribution in [2.24, 2.45) is 23.7 Å². The quantitative estimate of drug-likeness (QED) is 0.185. The number of amides is 4. The van der Waals surface area contributed by atoms with E-state index in [1.807, 2.05) is 60.5 Å². The second-order valence-corrected chi connectivity index (χ2v) is 15.4. The van der Waals surface area contributed by atoms with Crippen LogP contribution in [0.5, 0.6) is 0 Å². The van der Waals surface area contributed by atoms with Crippen molar-refractivity contribution >= 4 is 23.6 Å². The number of aliphatic hydroxyl groups is 1. The van der Waals surface area contributed by atoms with Gasteiger partial charge in [0.05, 0.1) is 48.8 Å². The van der Waals surface area contributed by atoms with E-state index in [2.05, 4.69) is 10.6 Å². The maximum Gasteiger partial charge on any atom is 0.245 e. The minimum absolute atomic E-state index is 0.0124. The molecule has 9 atom stereocenters. The molecule has 1 aliphatic heterocycles. The van der Waals surface area contributed by atoms with Crippen molar-refractivity contribution in [3.8, 4) is 0 Å². The fraction of sp³-hybridized carbons (Fsp3) is 0.744. The van der Waals surface area contributed by atoms with Crippen molar-refractivity contribution in [1.29, 1.82) is 0 Å². The Bertz CT molecular complexity index is 1340. The largest absolute Gasteiger partial charge is 0.391 e. The molecule has 302 valence electrons.